The van der Waals surface area contributed by atoms with E-state index >= 15 is 0 Å². The lowest BCUT2D eigenvalue weighted by Gasteiger charge is -2.23. The summed E-state index contributed by atoms with van der Waals surface area (Å²) < 4.78 is 0.931. The minimum absolute atomic E-state index is 0.519. The van der Waals surface area contributed by atoms with E-state index in [4.69, 9.17) is 17.3 Å². The van der Waals surface area contributed by atoms with Crippen LogP contribution in [0.3, 0.4) is 0 Å². The van der Waals surface area contributed by atoms with E-state index in [0.717, 1.165) is 23.8 Å². The van der Waals surface area contributed by atoms with Crippen molar-refractivity contribution in [2.75, 3.05) is 13.1 Å². The molecule has 2 nitrogen and oxygen atoms in total. The Balaban J connectivity index is 1.91. The Bertz CT molecular complexity index is 338. The molecule has 90 valence electrons. The molecule has 0 fully saturated rings. The van der Waals surface area contributed by atoms with E-state index in [9.17, 15) is 0 Å². The molecule has 0 spiro atoms. The monoisotopic (exact) mass is 258 g/mol. The summed E-state index contributed by atoms with van der Waals surface area (Å²) in [7, 11) is 0. The van der Waals surface area contributed by atoms with Crippen LogP contribution >= 0.6 is 22.9 Å². The zero-order valence-corrected chi connectivity index (χ0v) is 11.0. The van der Waals surface area contributed by atoms with E-state index in [1.165, 1.54) is 36.1 Å². The number of thiophene rings is 1. The SMILES string of the molecule is NCCCCNC1CCCc2sc(Cl)cc21. The van der Waals surface area contributed by atoms with Crippen molar-refractivity contribution < 1.29 is 0 Å². The normalized spacial score (nSPS) is 19.8. The first-order valence-corrected chi connectivity index (χ1v) is 7.22. The summed E-state index contributed by atoms with van der Waals surface area (Å²) in [5.41, 5.74) is 6.92. The van der Waals surface area contributed by atoms with Crippen molar-refractivity contribution in [1.29, 1.82) is 0 Å². The Morgan fingerprint density at radius 2 is 2.38 bits per heavy atom. The maximum Gasteiger partial charge on any atom is 0.0934 e. The van der Waals surface area contributed by atoms with Crippen molar-refractivity contribution in [2.24, 2.45) is 5.73 Å². The highest BCUT2D eigenvalue weighted by molar-refractivity contribution is 7.16. The van der Waals surface area contributed by atoms with Crippen molar-refractivity contribution in [2.45, 2.75) is 38.1 Å². The summed E-state index contributed by atoms with van der Waals surface area (Å²) >= 11 is 7.82. The molecule has 1 aromatic heterocycles. The van der Waals surface area contributed by atoms with Gasteiger partial charge in [-0.15, -0.1) is 11.3 Å². The fourth-order valence-corrected chi connectivity index (χ4v) is 3.66. The van der Waals surface area contributed by atoms with Gasteiger partial charge in [0.2, 0.25) is 0 Å². The third kappa shape index (κ3) is 2.98. The fraction of sp³-hybridized carbons (Fsp3) is 0.667. The molecule has 4 heteroatoms. The standard InChI is InChI=1S/C12H19ClN2S/c13-12-8-9-10(15-7-2-1-6-14)4-3-5-11(9)16-12/h8,10,15H,1-7,14H2. The minimum atomic E-state index is 0.519. The molecular formula is C12H19ClN2S. The van der Waals surface area contributed by atoms with Crippen LogP contribution in [0.1, 0.15) is 42.2 Å². The largest absolute Gasteiger partial charge is 0.330 e. The van der Waals surface area contributed by atoms with E-state index in [0.29, 0.717) is 6.04 Å². The summed E-state index contributed by atoms with van der Waals surface area (Å²) in [4.78, 5) is 1.48. The highest BCUT2D eigenvalue weighted by Crippen LogP contribution is 2.37. The van der Waals surface area contributed by atoms with Crippen molar-refractivity contribution in [3.05, 3.63) is 20.8 Å². The number of hydrogen-bond donors (Lipinski definition) is 2. The molecule has 1 unspecified atom stereocenters. The lowest BCUT2D eigenvalue weighted by Crippen LogP contribution is -2.25. The molecule has 0 saturated carbocycles. The summed E-state index contributed by atoms with van der Waals surface area (Å²) in [6.45, 7) is 1.86. The first-order valence-electron chi connectivity index (χ1n) is 6.03. The van der Waals surface area contributed by atoms with Gasteiger partial charge in [0, 0.05) is 10.9 Å². The van der Waals surface area contributed by atoms with Crippen LogP contribution in [0.5, 0.6) is 0 Å². The van der Waals surface area contributed by atoms with Crippen LogP contribution in [-0.2, 0) is 6.42 Å². The van der Waals surface area contributed by atoms with E-state index in [1.807, 2.05) is 0 Å². The molecule has 1 aliphatic carbocycles. The Labute approximate surface area is 106 Å². The second-order valence-electron chi connectivity index (χ2n) is 4.32. The van der Waals surface area contributed by atoms with Crippen LogP contribution in [0.4, 0.5) is 0 Å². The molecule has 0 amide bonds. The molecule has 0 radical (unpaired) electrons. The Morgan fingerprint density at radius 3 is 3.19 bits per heavy atom. The van der Waals surface area contributed by atoms with Crippen LogP contribution in [0.15, 0.2) is 6.07 Å². The highest BCUT2D eigenvalue weighted by atomic mass is 35.5. The van der Waals surface area contributed by atoms with Gasteiger partial charge in [0.25, 0.3) is 0 Å². The van der Waals surface area contributed by atoms with Crippen molar-refractivity contribution in [3.8, 4) is 0 Å². The van der Waals surface area contributed by atoms with Gasteiger partial charge in [0.05, 0.1) is 4.34 Å². The maximum absolute atomic E-state index is 6.07. The van der Waals surface area contributed by atoms with Crippen molar-refractivity contribution >= 4 is 22.9 Å². The molecule has 0 aromatic carbocycles. The van der Waals surface area contributed by atoms with Gasteiger partial charge in [-0.2, -0.15) is 0 Å². The molecular weight excluding hydrogens is 240 g/mol. The topological polar surface area (TPSA) is 38.0 Å². The number of halogens is 1. The van der Waals surface area contributed by atoms with Gasteiger partial charge in [-0.05, 0) is 56.8 Å². The van der Waals surface area contributed by atoms with E-state index in [2.05, 4.69) is 11.4 Å². The summed E-state index contributed by atoms with van der Waals surface area (Å²) in [6.07, 6.45) is 5.99. The molecule has 1 aromatic rings. The summed E-state index contributed by atoms with van der Waals surface area (Å²) in [5.74, 6) is 0. The first kappa shape index (κ1) is 12.4. The lowest BCUT2D eigenvalue weighted by molar-refractivity contribution is 0.456. The Kier molecular flexibility index (Phi) is 4.65. The van der Waals surface area contributed by atoms with E-state index in [1.54, 1.807) is 11.3 Å². The molecule has 1 aliphatic rings. The van der Waals surface area contributed by atoms with Gasteiger partial charge < -0.3 is 11.1 Å². The smallest absolute Gasteiger partial charge is 0.0934 e. The maximum atomic E-state index is 6.07. The van der Waals surface area contributed by atoms with E-state index in [-0.39, 0.29) is 0 Å². The molecule has 2 rings (SSSR count). The van der Waals surface area contributed by atoms with E-state index < -0.39 is 0 Å². The van der Waals surface area contributed by atoms with Crippen LogP contribution in [0, 0.1) is 0 Å². The lowest BCUT2D eigenvalue weighted by atomic mass is 9.94. The summed E-state index contributed by atoms with van der Waals surface area (Å²) in [5, 5.41) is 3.62. The number of fused-ring (bicyclic) bond motifs is 1. The third-order valence-electron chi connectivity index (χ3n) is 3.11. The van der Waals surface area contributed by atoms with Crippen LogP contribution in [-0.4, -0.2) is 13.1 Å². The van der Waals surface area contributed by atoms with Gasteiger partial charge in [-0.25, -0.2) is 0 Å². The highest BCUT2D eigenvalue weighted by Gasteiger charge is 2.21. The molecule has 3 N–H and O–H groups in total. The molecule has 0 saturated heterocycles. The number of aryl methyl sites for hydroxylation is 1. The zero-order chi connectivity index (χ0) is 11.4. The van der Waals surface area contributed by atoms with Gasteiger partial charge in [0.1, 0.15) is 0 Å². The predicted molar refractivity (Wildman–Crippen MR) is 71.3 cm³/mol. The van der Waals surface area contributed by atoms with Crippen LogP contribution in [0.2, 0.25) is 4.34 Å². The summed E-state index contributed by atoms with van der Waals surface area (Å²) in [6, 6.07) is 2.66. The van der Waals surface area contributed by atoms with Crippen molar-refractivity contribution in [1.82, 2.24) is 5.32 Å². The second kappa shape index (κ2) is 6.01. The Morgan fingerprint density at radius 1 is 1.50 bits per heavy atom. The number of nitrogens with two attached hydrogens (primary N) is 1. The predicted octanol–water partition coefficient (Wildman–Crippen LogP) is 3.11. The number of nitrogens with one attached hydrogen (secondary N) is 1. The number of rotatable bonds is 5. The molecule has 0 aliphatic heterocycles. The molecule has 16 heavy (non-hydrogen) atoms. The number of unbranched alkanes of at least 4 members (excludes halogenated alkanes) is 1. The quantitative estimate of drug-likeness (QED) is 0.797. The molecule has 0 bridgehead atoms. The molecule has 1 heterocycles. The third-order valence-corrected chi connectivity index (χ3v) is 4.44. The van der Waals surface area contributed by atoms with Gasteiger partial charge in [-0.1, -0.05) is 11.6 Å². The van der Waals surface area contributed by atoms with Gasteiger partial charge in [0.15, 0.2) is 0 Å². The average Bonchev–Trinajstić information content (AvgIpc) is 2.65. The Hall–Kier alpha value is -0.0900. The zero-order valence-electron chi connectivity index (χ0n) is 9.47. The minimum Gasteiger partial charge on any atom is -0.330 e. The fourth-order valence-electron chi connectivity index (χ4n) is 2.28. The van der Waals surface area contributed by atoms with Gasteiger partial charge >= 0.3 is 0 Å². The second-order valence-corrected chi connectivity index (χ2v) is 6.09. The number of hydrogen-bond acceptors (Lipinski definition) is 3. The van der Waals surface area contributed by atoms with Crippen molar-refractivity contribution in [3.63, 3.8) is 0 Å². The molecule has 1 atom stereocenters. The van der Waals surface area contributed by atoms with Crippen LogP contribution < -0.4 is 11.1 Å². The van der Waals surface area contributed by atoms with Gasteiger partial charge in [-0.3, -0.25) is 0 Å². The van der Waals surface area contributed by atoms with Crippen LogP contribution in [0.25, 0.3) is 0 Å². The average molecular weight is 259 g/mol. The first-order chi connectivity index (χ1) is 7.81.